The highest BCUT2D eigenvalue weighted by Crippen LogP contribution is 2.39. The van der Waals surface area contributed by atoms with E-state index in [1.165, 1.54) is 10.3 Å². The second kappa shape index (κ2) is 7.50. The fraction of sp³-hybridized carbons (Fsp3) is 0.250. The molecule has 0 saturated heterocycles. The lowest BCUT2D eigenvalue weighted by molar-refractivity contribution is -0.117. The van der Waals surface area contributed by atoms with Gasteiger partial charge in [0.05, 0.1) is 18.5 Å². The SMILES string of the molecule is COc1ccccc1-c1cc(C(=O)N=C2C=CC3C(=C2)NC(=O)C2=C3CCC2)n(C)n1. The molecule has 1 unspecified atom stereocenters. The van der Waals surface area contributed by atoms with Crippen LogP contribution in [0.25, 0.3) is 11.3 Å². The molecule has 156 valence electrons. The molecule has 0 spiro atoms. The summed E-state index contributed by atoms with van der Waals surface area (Å²) in [6.45, 7) is 0. The predicted molar refractivity (Wildman–Crippen MR) is 117 cm³/mol. The van der Waals surface area contributed by atoms with E-state index in [-0.39, 0.29) is 11.8 Å². The predicted octanol–water partition coefficient (Wildman–Crippen LogP) is 3.36. The van der Waals surface area contributed by atoms with E-state index >= 15 is 0 Å². The highest BCUT2D eigenvalue weighted by atomic mass is 16.5. The minimum Gasteiger partial charge on any atom is -0.496 e. The van der Waals surface area contributed by atoms with Gasteiger partial charge in [0.25, 0.3) is 11.8 Å². The number of allylic oxidation sites excluding steroid dienone is 3. The monoisotopic (exact) mass is 414 g/mol. The van der Waals surface area contributed by atoms with Crippen LogP contribution in [0.5, 0.6) is 5.75 Å². The van der Waals surface area contributed by atoms with Gasteiger partial charge < -0.3 is 10.1 Å². The number of nitrogens with one attached hydrogen (secondary N) is 1. The van der Waals surface area contributed by atoms with Crippen LogP contribution in [0.2, 0.25) is 0 Å². The average Bonchev–Trinajstić information content (AvgIpc) is 3.41. The summed E-state index contributed by atoms with van der Waals surface area (Å²) in [7, 11) is 3.32. The van der Waals surface area contributed by atoms with Gasteiger partial charge in [-0.2, -0.15) is 5.10 Å². The molecule has 7 nitrogen and oxygen atoms in total. The molecular weight excluding hydrogens is 392 g/mol. The molecular formula is C24H22N4O3. The van der Waals surface area contributed by atoms with Crippen LogP contribution in [0.3, 0.4) is 0 Å². The number of methoxy groups -OCH3 is 1. The van der Waals surface area contributed by atoms with Gasteiger partial charge in [-0.25, -0.2) is 4.99 Å². The normalized spacial score (nSPS) is 21.0. The van der Waals surface area contributed by atoms with Gasteiger partial charge in [0.2, 0.25) is 0 Å². The lowest BCUT2D eigenvalue weighted by Gasteiger charge is -2.28. The van der Waals surface area contributed by atoms with Crippen molar-refractivity contribution in [1.29, 1.82) is 0 Å². The number of ether oxygens (including phenoxy) is 1. The summed E-state index contributed by atoms with van der Waals surface area (Å²) in [4.78, 5) is 29.5. The molecule has 0 bridgehead atoms. The van der Waals surface area contributed by atoms with Gasteiger partial charge >= 0.3 is 0 Å². The molecule has 7 heteroatoms. The van der Waals surface area contributed by atoms with Gasteiger partial charge in [0, 0.05) is 29.8 Å². The number of aryl methyl sites for hydroxylation is 1. The van der Waals surface area contributed by atoms with Crippen LogP contribution in [-0.2, 0) is 11.8 Å². The zero-order valence-electron chi connectivity index (χ0n) is 17.4. The molecule has 0 saturated carbocycles. The molecule has 2 aromatic rings. The molecule has 31 heavy (non-hydrogen) atoms. The Morgan fingerprint density at radius 2 is 2.13 bits per heavy atom. The summed E-state index contributed by atoms with van der Waals surface area (Å²) in [5.41, 5.74) is 5.24. The summed E-state index contributed by atoms with van der Waals surface area (Å²) < 4.78 is 6.93. The summed E-state index contributed by atoms with van der Waals surface area (Å²) >= 11 is 0. The molecule has 1 aromatic heterocycles. The zero-order chi connectivity index (χ0) is 21.5. The van der Waals surface area contributed by atoms with Crippen LogP contribution in [0.4, 0.5) is 0 Å². The Hall–Kier alpha value is -3.74. The minimum atomic E-state index is -0.394. The second-order valence-corrected chi connectivity index (χ2v) is 7.83. The van der Waals surface area contributed by atoms with Gasteiger partial charge in [-0.15, -0.1) is 0 Å². The van der Waals surface area contributed by atoms with E-state index in [4.69, 9.17) is 4.74 Å². The Morgan fingerprint density at radius 3 is 2.97 bits per heavy atom. The number of para-hydroxylation sites is 1. The third-order valence-corrected chi connectivity index (χ3v) is 5.98. The average molecular weight is 414 g/mol. The number of rotatable bonds is 3. The largest absolute Gasteiger partial charge is 0.496 e. The number of fused-ring (bicyclic) bond motifs is 2. The first kappa shape index (κ1) is 19.2. The second-order valence-electron chi connectivity index (χ2n) is 7.83. The molecule has 2 amide bonds. The smallest absolute Gasteiger partial charge is 0.295 e. The molecule has 1 aliphatic heterocycles. The van der Waals surface area contributed by atoms with Gasteiger partial charge in [-0.05, 0) is 55.2 Å². The Bertz CT molecular complexity index is 1230. The maximum Gasteiger partial charge on any atom is 0.295 e. The van der Waals surface area contributed by atoms with Crippen LogP contribution < -0.4 is 10.1 Å². The maximum absolute atomic E-state index is 12.9. The number of carbonyl (C=O) groups excluding carboxylic acids is 2. The van der Waals surface area contributed by atoms with Crippen LogP contribution in [0.1, 0.15) is 29.8 Å². The third-order valence-electron chi connectivity index (χ3n) is 5.98. The molecule has 5 rings (SSSR count). The number of nitrogens with zero attached hydrogens (tertiary/aromatic N) is 3. The number of amides is 2. The van der Waals surface area contributed by atoms with E-state index in [1.807, 2.05) is 36.4 Å². The summed E-state index contributed by atoms with van der Waals surface area (Å²) in [5.74, 6) is 0.349. The van der Waals surface area contributed by atoms with E-state index in [0.717, 1.165) is 36.1 Å². The van der Waals surface area contributed by atoms with Crippen molar-refractivity contribution in [2.24, 2.45) is 18.0 Å². The Labute approximate surface area is 179 Å². The van der Waals surface area contributed by atoms with Crippen molar-refractivity contribution < 1.29 is 14.3 Å². The van der Waals surface area contributed by atoms with Gasteiger partial charge in [-0.3, -0.25) is 14.3 Å². The Morgan fingerprint density at radius 1 is 1.29 bits per heavy atom. The zero-order valence-corrected chi connectivity index (χ0v) is 17.4. The highest BCUT2D eigenvalue weighted by Gasteiger charge is 2.34. The summed E-state index contributed by atoms with van der Waals surface area (Å²) in [5, 5.41) is 7.44. The number of benzene rings is 1. The molecule has 1 atom stereocenters. The van der Waals surface area contributed by atoms with Crippen LogP contribution in [0.15, 0.2) is 70.4 Å². The van der Waals surface area contributed by atoms with Gasteiger partial charge in [-0.1, -0.05) is 18.2 Å². The van der Waals surface area contributed by atoms with E-state index in [2.05, 4.69) is 15.4 Å². The van der Waals surface area contributed by atoms with Crippen molar-refractivity contribution in [1.82, 2.24) is 15.1 Å². The lowest BCUT2D eigenvalue weighted by atomic mass is 9.85. The number of hydrogen-bond donors (Lipinski definition) is 1. The van der Waals surface area contributed by atoms with Crippen molar-refractivity contribution in [2.45, 2.75) is 19.3 Å². The van der Waals surface area contributed by atoms with Crippen LogP contribution in [-0.4, -0.2) is 34.4 Å². The molecule has 1 aromatic carbocycles. The first-order chi connectivity index (χ1) is 15.0. The van der Waals surface area contributed by atoms with Crippen molar-refractivity contribution in [2.75, 3.05) is 7.11 Å². The molecule has 2 aliphatic carbocycles. The number of hydrogen-bond acceptors (Lipinski definition) is 4. The van der Waals surface area contributed by atoms with E-state index in [9.17, 15) is 9.59 Å². The molecule has 2 heterocycles. The quantitative estimate of drug-likeness (QED) is 0.835. The van der Waals surface area contributed by atoms with E-state index < -0.39 is 5.91 Å². The third kappa shape index (κ3) is 3.32. The van der Waals surface area contributed by atoms with Crippen molar-refractivity contribution in [3.05, 3.63) is 71.1 Å². The van der Waals surface area contributed by atoms with Crippen LogP contribution in [0, 0.1) is 5.92 Å². The topological polar surface area (TPSA) is 85.6 Å². The number of aromatic nitrogens is 2. The Balaban J connectivity index is 1.43. The van der Waals surface area contributed by atoms with Gasteiger partial charge in [0.15, 0.2) is 0 Å². The fourth-order valence-electron chi connectivity index (χ4n) is 4.49. The molecule has 0 radical (unpaired) electrons. The van der Waals surface area contributed by atoms with Gasteiger partial charge in [0.1, 0.15) is 11.4 Å². The van der Waals surface area contributed by atoms with Crippen molar-refractivity contribution in [3.63, 3.8) is 0 Å². The lowest BCUT2D eigenvalue weighted by Crippen LogP contribution is -2.35. The fourth-order valence-corrected chi connectivity index (χ4v) is 4.49. The van der Waals surface area contributed by atoms with Crippen molar-refractivity contribution in [3.8, 4) is 17.0 Å². The van der Waals surface area contributed by atoms with E-state index in [0.29, 0.717) is 22.8 Å². The Kier molecular flexibility index (Phi) is 4.66. The summed E-state index contributed by atoms with van der Waals surface area (Å²) in [6, 6.07) is 9.24. The minimum absolute atomic E-state index is 0.0240. The van der Waals surface area contributed by atoms with E-state index in [1.54, 1.807) is 26.3 Å². The van der Waals surface area contributed by atoms with Crippen molar-refractivity contribution >= 4 is 17.5 Å². The number of aliphatic imine (C=N–C) groups is 1. The van der Waals surface area contributed by atoms with Crippen LogP contribution >= 0.6 is 0 Å². The summed E-state index contributed by atoms with van der Waals surface area (Å²) in [6.07, 6.45) is 8.47. The first-order valence-electron chi connectivity index (χ1n) is 10.3. The first-order valence-corrected chi connectivity index (χ1v) is 10.3. The molecule has 1 N–H and O–H groups in total. The standard InChI is InChI=1S/C24H22N4O3/c1-28-21(13-20(27-28)18-6-3-4-9-22(18)31-2)24(30)25-14-10-11-16-15-7-5-8-17(15)23(29)26-19(16)12-14/h3-4,6,9-13,16H,5,7-8H2,1-2H3,(H,26,29). The highest BCUT2D eigenvalue weighted by molar-refractivity contribution is 6.14. The molecule has 3 aliphatic rings. The maximum atomic E-state index is 12.9. The molecule has 0 fully saturated rings. The number of carbonyl (C=O) groups is 2.